The Morgan fingerprint density at radius 1 is 1.15 bits per heavy atom. The van der Waals surface area contributed by atoms with Crippen LogP contribution in [0.3, 0.4) is 0 Å². The highest BCUT2D eigenvalue weighted by Crippen LogP contribution is 2.31. The van der Waals surface area contributed by atoms with Crippen molar-refractivity contribution in [3.63, 3.8) is 0 Å². The van der Waals surface area contributed by atoms with Gasteiger partial charge in [0.05, 0.1) is 12.2 Å². The van der Waals surface area contributed by atoms with Crippen LogP contribution in [0.15, 0.2) is 0 Å². The van der Waals surface area contributed by atoms with Crippen molar-refractivity contribution in [3.8, 4) is 0 Å². The number of nitrogens with one attached hydrogen (secondary N) is 1. The molecule has 0 aromatic heterocycles. The van der Waals surface area contributed by atoms with Crippen molar-refractivity contribution in [2.75, 3.05) is 19.7 Å². The summed E-state index contributed by atoms with van der Waals surface area (Å²) in [6.07, 6.45) is 5.37. The predicted octanol–water partition coefficient (Wildman–Crippen LogP) is 0.526. The van der Waals surface area contributed by atoms with Crippen molar-refractivity contribution >= 4 is 0 Å². The fourth-order valence-electron chi connectivity index (χ4n) is 2.14. The fraction of sp³-hybridized carbons (Fsp3) is 1.00. The lowest BCUT2D eigenvalue weighted by molar-refractivity contribution is -0.0926. The Morgan fingerprint density at radius 3 is 2.46 bits per heavy atom. The Balaban J connectivity index is 1.62. The Kier molecular flexibility index (Phi) is 3.19. The maximum atomic E-state index is 8.84. The molecule has 2 aliphatic rings. The van der Waals surface area contributed by atoms with E-state index in [-0.39, 0.29) is 0 Å². The van der Waals surface area contributed by atoms with Gasteiger partial charge in [-0.3, -0.25) is 0 Å². The van der Waals surface area contributed by atoms with Gasteiger partial charge >= 0.3 is 0 Å². The van der Waals surface area contributed by atoms with Gasteiger partial charge in [-0.15, -0.1) is 0 Å². The van der Waals surface area contributed by atoms with Gasteiger partial charge in [0, 0.05) is 6.61 Å². The first-order valence-corrected chi connectivity index (χ1v) is 5.35. The molecule has 0 radical (unpaired) electrons. The van der Waals surface area contributed by atoms with Crippen LogP contribution < -0.4 is 5.32 Å². The third kappa shape index (κ3) is 2.42. The van der Waals surface area contributed by atoms with E-state index in [1.807, 2.05) is 0 Å². The minimum atomic E-state index is 0.339. The molecule has 0 atom stereocenters. The summed E-state index contributed by atoms with van der Waals surface area (Å²) < 4.78 is 5.91. The molecular formula is C10H19NO2. The second-order valence-corrected chi connectivity index (χ2v) is 4.23. The van der Waals surface area contributed by atoms with Crippen molar-refractivity contribution in [1.82, 2.24) is 5.32 Å². The molecule has 1 saturated heterocycles. The first kappa shape index (κ1) is 9.44. The lowest BCUT2D eigenvalue weighted by Crippen LogP contribution is -2.40. The van der Waals surface area contributed by atoms with E-state index in [2.05, 4.69) is 5.32 Å². The van der Waals surface area contributed by atoms with E-state index in [9.17, 15) is 0 Å². The Labute approximate surface area is 79.5 Å². The molecule has 1 aliphatic heterocycles. The van der Waals surface area contributed by atoms with Gasteiger partial charge in [0.1, 0.15) is 0 Å². The maximum Gasteiger partial charge on any atom is 0.0603 e. The highest BCUT2D eigenvalue weighted by molar-refractivity contribution is 4.81. The summed E-state index contributed by atoms with van der Waals surface area (Å²) in [5, 5.41) is 12.2. The Morgan fingerprint density at radius 2 is 1.85 bits per heavy atom. The smallest absolute Gasteiger partial charge is 0.0603 e. The first-order chi connectivity index (χ1) is 6.38. The van der Waals surface area contributed by atoms with Gasteiger partial charge in [0.2, 0.25) is 0 Å². The second-order valence-electron chi connectivity index (χ2n) is 4.23. The maximum absolute atomic E-state index is 8.84. The fourth-order valence-corrected chi connectivity index (χ4v) is 2.14. The van der Waals surface area contributed by atoms with Gasteiger partial charge in [0.25, 0.3) is 0 Å². The van der Waals surface area contributed by atoms with Crippen LogP contribution in [0.4, 0.5) is 0 Å². The molecule has 0 aromatic carbocycles. The van der Waals surface area contributed by atoms with Gasteiger partial charge in [0.15, 0.2) is 0 Å². The monoisotopic (exact) mass is 185 g/mol. The highest BCUT2D eigenvalue weighted by atomic mass is 16.5. The summed E-state index contributed by atoms with van der Waals surface area (Å²) in [7, 11) is 0. The average Bonchev–Trinajstić information content (AvgIpc) is 2.12. The molecule has 1 aliphatic carbocycles. The summed E-state index contributed by atoms with van der Waals surface area (Å²) in [4.78, 5) is 0. The van der Waals surface area contributed by atoms with E-state index in [0.29, 0.717) is 24.7 Å². The van der Waals surface area contributed by atoms with Crippen molar-refractivity contribution in [1.29, 1.82) is 0 Å². The molecule has 2 rings (SSSR count). The zero-order valence-corrected chi connectivity index (χ0v) is 8.04. The molecule has 0 spiro atoms. The SMILES string of the molecule is OC[C@H]1C[C@H](OC2CCNCC2)C1. The number of ether oxygens (including phenoxy) is 1. The molecular weight excluding hydrogens is 166 g/mol. The summed E-state index contributed by atoms with van der Waals surface area (Å²) in [5.74, 6) is 0.520. The first-order valence-electron chi connectivity index (χ1n) is 5.35. The van der Waals surface area contributed by atoms with E-state index >= 15 is 0 Å². The molecule has 2 fully saturated rings. The van der Waals surface area contributed by atoms with Crippen LogP contribution >= 0.6 is 0 Å². The van der Waals surface area contributed by atoms with Crippen LogP contribution in [-0.4, -0.2) is 37.0 Å². The minimum absolute atomic E-state index is 0.339. The number of hydrogen-bond donors (Lipinski definition) is 2. The number of aliphatic hydroxyl groups is 1. The van der Waals surface area contributed by atoms with Gasteiger partial charge in [-0.1, -0.05) is 0 Å². The zero-order chi connectivity index (χ0) is 9.10. The van der Waals surface area contributed by atoms with Crippen molar-refractivity contribution < 1.29 is 9.84 Å². The topological polar surface area (TPSA) is 41.5 Å². The van der Waals surface area contributed by atoms with Crippen LogP contribution in [0.5, 0.6) is 0 Å². The minimum Gasteiger partial charge on any atom is -0.396 e. The standard InChI is InChI=1S/C10H19NO2/c12-7-8-5-10(6-8)13-9-1-3-11-4-2-9/h8-12H,1-7H2/t8-,10-. The van der Waals surface area contributed by atoms with Crippen molar-refractivity contribution in [2.24, 2.45) is 5.92 Å². The van der Waals surface area contributed by atoms with E-state index in [1.54, 1.807) is 0 Å². The Bertz CT molecular complexity index is 151. The quantitative estimate of drug-likeness (QED) is 0.674. The van der Waals surface area contributed by atoms with Crippen molar-refractivity contribution in [2.45, 2.75) is 37.9 Å². The lowest BCUT2D eigenvalue weighted by Gasteiger charge is -2.37. The van der Waals surface area contributed by atoms with Crippen LogP contribution in [0, 0.1) is 5.92 Å². The molecule has 2 N–H and O–H groups in total. The van der Waals surface area contributed by atoms with E-state index in [1.165, 1.54) is 0 Å². The molecule has 0 aromatic rings. The molecule has 13 heavy (non-hydrogen) atoms. The van der Waals surface area contributed by atoms with Gasteiger partial charge in [-0.05, 0) is 44.7 Å². The average molecular weight is 185 g/mol. The van der Waals surface area contributed by atoms with E-state index in [4.69, 9.17) is 9.84 Å². The summed E-state index contributed by atoms with van der Waals surface area (Å²) in [6.45, 7) is 2.54. The molecule has 3 heteroatoms. The molecule has 0 bridgehead atoms. The summed E-state index contributed by atoms with van der Waals surface area (Å²) in [5.41, 5.74) is 0. The number of hydrogen-bond acceptors (Lipinski definition) is 3. The molecule has 76 valence electrons. The van der Waals surface area contributed by atoms with Crippen LogP contribution in [0.2, 0.25) is 0 Å². The summed E-state index contributed by atoms with van der Waals surface area (Å²) in [6, 6.07) is 0. The molecule has 0 unspecified atom stereocenters. The van der Waals surface area contributed by atoms with E-state index in [0.717, 1.165) is 38.8 Å². The normalized spacial score (nSPS) is 35.8. The molecule has 0 amide bonds. The van der Waals surface area contributed by atoms with E-state index < -0.39 is 0 Å². The third-order valence-electron chi connectivity index (χ3n) is 3.12. The van der Waals surface area contributed by atoms with Crippen molar-refractivity contribution in [3.05, 3.63) is 0 Å². The second kappa shape index (κ2) is 4.40. The van der Waals surface area contributed by atoms with Gasteiger partial charge < -0.3 is 15.2 Å². The Hall–Kier alpha value is -0.120. The molecule has 1 heterocycles. The van der Waals surface area contributed by atoms with Gasteiger partial charge in [-0.25, -0.2) is 0 Å². The molecule has 3 nitrogen and oxygen atoms in total. The number of rotatable bonds is 3. The number of aliphatic hydroxyl groups excluding tert-OH is 1. The third-order valence-corrected chi connectivity index (χ3v) is 3.12. The zero-order valence-electron chi connectivity index (χ0n) is 8.04. The molecule has 1 saturated carbocycles. The predicted molar refractivity (Wildman–Crippen MR) is 50.6 cm³/mol. The van der Waals surface area contributed by atoms with Crippen LogP contribution in [0.25, 0.3) is 0 Å². The van der Waals surface area contributed by atoms with Crippen LogP contribution in [-0.2, 0) is 4.74 Å². The lowest BCUT2D eigenvalue weighted by atomic mass is 9.83. The van der Waals surface area contributed by atoms with Crippen LogP contribution in [0.1, 0.15) is 25.7 Å². The highest BCUT2D eigenvalue weighted by Gasteiger charge is 2.31. The van der Waals surface area contributed by atoms with Gasteiger partial charge in [-0.2, -0.15) is 0 Å². The summed E-state index contributed by atoms with van der Waals surface area (Å²) >= 11 is 0. The number of piperidine rings is 1. The largest absolute Gasteiger partial charge is 0.396 e.